The number of aromatic nitrogens is 2. The molecule has 0 saturated heterocycles. The Hall–Kier alpha value is 0.0500. The molecule has 0 amide bonds. The van der Waals surface area contributed by atoms with E-state index < -0.39 is 0 Å². The van der Waals surface area contributed by atoms with E-state index in [2.05, 4.69) is 44.1 Å². The molecule has 0 aliphatic carbocycles. The zero-order valence-corrected chi connectivity index (χ0v) is 13.2. The van der Waals surface area contributed by atoms with Crippen molar-refractivity contribution in [2.45, 2.75) is 19.9 Å². The first-order chi connectivity index (χ1) is 7.69. The smallest absolute Gasteiger partial charge is 0.276 e. The van der Waals surface area contributed by atoms with Gasteiger partial charge in [0.15, 0.2) is 0 Å². The van der Waals surface area contributed by atoms with E-state index in [1.807, 2.05) is 22.4 Å². The molecule has 0 spiro atoms. The third-order valence-corrected chi connectivity index (χ3v) is 4.74. The Labute approximate surface area is 118 Å². The van der Waals surface area contributed by atoms with Crippen molar-refractivity contribution >= 4 is 57.2 Å². The van der Waals surface area contributed by atoms with E-state index in [1.165, 1.54) is 9.12 Å². The van der Waals surface area contributed by atoms with E-state index >= 15 is 0 Å². The molecular formula is C10H10BrIN2OS. The first-order valence-electron chi connectivity index (χ1n) is 4.88. The molecule has 2 aromatic heterocycles. The molecule has 0 radical (unpaired) electrons. The highest BCUT2D eigenvalue weighted by Gasteiger charge is 2.11. The van der Waals surface area contributed by atoms with Gasteiger partial charge in [-0.3, -0.25) is 8.77 Å². The van der Waals surface area contributed by atoms with Crippen molar-refractivity contribution in [1.82, 2.24) is 8.54 Å². The van der Waals surface area contributed by atoms with E-state index in [4.69, 9.17) is 0 Å². The van der Waals surface area contributed by atoms with Crippen LogP contribution in [0.15, 0.2) is 27.7 Å². The van der Waals surface area contributed by atoms with E-state index in [9.17, 15) is 4.79 Å². The molecule has 0 aliphatic heterocycles. The van der Waals surface area contributed by atoms with Crippen molar-refractivity contribution in [3.63, 3.8) is 0 Å². The summed E-state index contributed by atoms with van der Waals surface area (Å²) < 4.78 is 4.63. The fraction of sp³-hybridized carbons (Fsp3) is 0.300. The largest absolute Gasteiger partial charge is 0.313 e. The summed E-state index contributed by atoms with van der Waals surface area (Å²) in [5.41, 5.74) is 0.830. The van der Waals surface area contributed by atoms with Crippen LogP contribution in [-0.2, 0) is 6.54 Å². The van der Waals surface area contributed by atoms with Crippen LogP contribution in [-0.4, -0.2) is 8.54 Å². The molecule has 0 atom stereocenters. The maximum Gasteiger partial charge on any atom is 0.276 e. The van der Waals surface area contributed by atoms with Gasteiger partial charge in [0.1, 0.15) is 5.52 Å². The van der Waals surface area contributed by atoms with Crippen molar-refractivity contribution in [2.75, 3.05) is 0 Å². The molecule has 0 aromatic carbocycles. The molecule has 16 heavy (non-hydrogen) atoms. The Kier molecular flexibility index (Phi) is 4.01. The van der Waals surface area contributed by atoms with E-state index in [-0.39, 0.29) is 5.56 Å². The molecule has 6 heteroatoms. The molecule has 0 bridgehead atoms. The SMILES string of the molecule is CCCn1cc(Br)c2ccn(SI)c2c1=O. The van der Waals surface area contributed by atoms with Crippen LogP contribution in [0.25, 0.3) is 10.9 Å². The van der Waals surface area contributed by atoms with Gasteiger partial charge in [-0.1, -0.05) is 6.92 Å². The van der Waals surface area contributed by atoms with Crippen LogP contribution in [0, 0.1) is 0 Å². The minimum atomic E-state index is 0.0780. The van der Waals surface area contributed by atoms with Crippen molar-refractivity contribution in [1.29, 1.82) is 0 Å². The maximum atomic E-state index is 12.2. The molecule has 0 fully saturated rings. The second kappa shape index (κ2) is 5.14. The summed E-state index contributed by atoms with van der Waals surface area (Å²) in [6, 6.07) is 1.96. The Morgan fingerprint density at radius 2 is 2.31 bits per heavy atom. The van der Waals surface area contributed by atoms with Crippen molar-refractivity contribution in [3.8, 4) is 0 Å². The Morgan fingerprint density at radius 3 is 2.94 bits per heavy atom. The minimum absolute atomic E-state index is 0.0780. The van der Waals surface area contributed by atoms with Gasteiger partial charge in [-0.05, 0) is 28.4 Å². The Bertz CT molecular complexity index is 578. The third kappa shape index (κ3) is 2.06. The third-order valence-electron chi connectivity index (χ3n) is 2.38. The van der Waals surface area contributed by atoms with Crippen LogP contribution in [0.3, 0.4) is 0 Å². The first kappa shape index (κ1) is 12.5. The molecule has 0 saturated carbocycles. The van der Waals surface area contributed by atoms with Crippen LogP contribution >= 0.6 is 46.3 Å². The van der Waals surface area contributed by atoms with Gasteiger partial charge in [-0.2, -0.15) is 0 Å². The second-order valence-corrected chi connectivity index (χ2v) is 6.02. The molecule has 0 aliphatic rings. The highest BCUT2D eigenvalue weighted by atomic mass is 127. The molecule has 3 nitrogen and oxygen atoms in total. The molecule has 2 rings (SSSR count). The average Bonchev–Trinajstić information content (AvgIpc) is 2.70. The zero-order valence-electron chi connectivity index (χ0n) is 8.61. The summed E-state index contributed by atoms with van der Waals surface area (Å²) in [4.78, 5) is 12.2. The number of hydrogen-bond donors (Lipinski definition) is 0. The quantitative estimate of drug-likeness (QED) is 0.716. The summed E-state index contributed by atoms with van der Waals surface area (Å²) in [7, 11) is 1.51. The van der Waals surface area contributed by atoms with Crippen LogP contribution < -0.4 is 5.56 Å². The number of nitrogens with zero attached hydrogens (tertiary/aromatic N) is 2. The van der Waals surface area contributed by atoms with Gasteiger partial charge in [-0.15, -0.1) is 0 Å². The van der Waals surface area contributed by atoms with Gasteiger partial charge < -0.3 is 4.57 Å². The highest BCUT2D eigenvalue weighted by molar-refractivity contribution is 14.2. The predicted octanol–water partition coefficient (Wildman–Crippen LogP) is 3.82. The van der Waals surface area contributed by atoms with Crippen molar-refractivity contribution in [2.24, 2.45) is 0 Å². The molecule has 2 aromatic rings. The minimum Gasteiger partial charge on any atom is -0.313 e. The number of rotatable bonds is 3. The van der Waals surface area contributed by atoms with Crippen LogP contribution in [0.5, 0.6) is 0 Å². The van der Waals surface area contributed by atoms with Crippen LogP contribution in [0.2, 0.25) is 0 Å². The van der Waals surface area contributed by atoms with Gasteiger partial charge in [0.05, 0.1) is 0 Å². The average molecular weight is 413 g/mol. The summed E-state index contributed by atoms with van der Waals surface area (Å²) in [5, 5.41) is 0.974. The van der Waals surface area contributed by atoms with Crippen molar-refractivity contribution < 1.29 is 0 Å². The van der Waals surface area contributed by atoms with Gasteiger partial charge in [-0.25, -0.2) is 0 Å². The number of fused-ring (bicyclic) bond motifs is 1. The lowest BCUT2D eigenvalue weighted by Gasteiger charge is -2.06. The lowest BCUT2D eigenvalue weighted by Crippen LogP contribution is -2.20. The standard InChI is InChI=1S/C10H10BrIN2OS/c1-2-4-13-6-8(11)7-3-5-14(16-12)9(7)10(13)15/h3,5-6H,2,4H2,1H3. The van der Waals surface area contributed by atoms with E-state index in [0.717, 1.165) is 28.3 Å². The first-order valence-corrected chi connectivity index (χ1v) is 8.99. The number of hydrogen-bond acceptors (Lipinski definition) is 2. The maximum absolute atomic E-state index is 12.2. The van der Waals surface area contributed by atoms with Gasteiger partial charge in [0.25, 0.3) is 5.56 Å². The molecule has 86 valence electrons. The number of aryl methyl sites for hydroxylation is 1. The molecule has 0 N–H and O–H groups in total. The fourth-order valence-corrected chi connectivity index (χ4v) is 3.59. The lowest BCUT2D eigenvalue weighted by atomic mass is 10.3. The summed E-state index contributed by atoms with van der Waals surface area (Å²) in [5.74, 6) is 0. The predicted molar refractivity (Wildman–Crippen MR) is 81.2 cm³/mol. The Morgan fingerprint density at radius 1 is 1.56 bits per heavy atom. The molecule has 0 unspecified atom stereocenters. The zero-order chi connectivity index (χ0) is 11.7. The highest BCUT2D eigenvalue weighted by Crippen LogP contribution is 2.27. The monoisotopic (exact) mass is 412 g/mol. The van der Waals surface area contributed by atoms with Gasteiger partial charge >= 0.3 is 0 Å². The fourth-order valence-electron chi connectivity index (χ4n) is 1.68. The Balaban J connectivity index is 2.79. The second-order valence-electron chi connectivity index (χ2n) is 3.45. The number of halogens is 2. The van der Waals surface area contributed by atoms with Gasteiger partial charge in [0, 0.05) is 59.1 Å². The van der Waals surface area contributed by atoms with E-state index in [1.54, 1.807) is 4.57 Å². The normalized spacial score (nSPS) is 11.2. The summed E-state index contributed by atoms with van der Waals surface area (Å²) in [6.45, 7) is 2.82. The summed E-state index contributed by atoms with van der Waals surface area (Å²) >= 11 is 5.69. The lowest BCUT2D eigenvalue weighted by molar-refractivity contribution is 0.656. The molecule has 2 heterocycles. The van der Waals surface area contributed by atoms with Crippen molar-refractivity contribution in [3.05, 3.63) is 33.3 Å². The summed E-state index contributed by atoms with van der Waals surface area (Å²) in [6.07, 6.45) is 4.75. The van der Waals surface area contributed by atoms with Crippen LogP contribution in [0.4, 0.5) is 0 Å². The van der Waals surface area contributed by atoms with Crippen LogP contribution in [0.1, 0.15) is 13.3 Å². The van der Waals surface area contributed by atoms with E-state index in [0.29, 0.717) is 0 Å². The number of pyridine rings is 1. The topological polar surface area (TPSA) is 26.9 Å². The van der Waals surface area contributed by atoms with Gasteiger partial charge in [0.2, 0.25) is 0 Å². The molecular weight excluding hydrogens is 403 g/mol.